The van der Waals surface area contributed by atoms with Crippen molar-refractivity contribution in [1.82, 2.24) is 10.2 Å². The Morgan fingerprint density at radius 1 is 1.28 bits per heavy atom. The average Bonchev–Trinajstić information content (AvgIpc) is 2.38. The second-order valence-electron chi connectivity index (χ2n) is 4.42. The number of carbonyl (C=O) groups is 1. The third-order valence-corrected chi connectivity index (χ3v) is 2.73. The Balaban J connectivity index is 2.15. The van der Waals surface area contributed by atoms with Crippen molar-refractivity contribution < 1.29 is 9.53 Å². The van der Waals surface area contributed by atoms with Gasteiger partial charge in [0.25, 0.3) is 0 Å². The molecule has 1 aromatic rings. The van der Waals surface area contributed by atoms with Gasteiger partial charge < -0.3 is 15.0 Å². The summed E-state index contributed by atoms with van der Waals surface area (Å²) in [6.45, 7) is 1.67. The maximum Gasteiger partial charge on any atom is 0.222 e. The van der Waals surface area contributed by atoms with E-state index in [0.717, 1.165) is 25.3 Å². The molecule has 0 saturated heterocycles. The molecule has 0 spiro atoms. The van der Waals surface area contributed by atoms with Crippen molar-refractivity contribution in [3.63, 3.8) is 0 Å². The Kier molecular flexibility index (Phi) is 6.22. The van der Waals surface area contributed by atoms with Crippen molar-refractivity contribution >= 4 is 5.91 Å². The van der Waals surface area contributed by atoms with Gasteiger partial charge in [0.1, 0.15) is 5.75 Å². The van der Waals surface area contributed by atoms with Crippen molar-refractivity contribution in [2.24, 2.45) is 0 Å². The molecular weight excluding hydrogens is 228 g/mol. The molecule has 0 unspecified atom stereocenters. The monoisotopic (exact) mass is 250 g/mol. The van der Waals surface area contributed by atoms with Crippen LogP contribution < -0.4 is 10.1 Å². The molecule has 0 aliphatic carbocycles. The summed E-state index contributed by atoms with van der Waals surface area (Å²) >= 11 is 0. The minimum Gasteiger partial charge on any atom is -0.497 e. The fourth-order valence-electron chi connectivity index (χ4n) is 1.56. The fourth-order valence-corrected chi connectivity index (χ4v) is 1.56. The molecule has 0 fully saturated rings. The second kappa shape index (κ2) is 7.71. The Morgan fingerprint density at radius 2 is 1.94 bits per heavy atom. The first-order chi connectivity index (χ1) is 8.63. The Morgan fingerprint density at radius 3 is 2.50 bits per heavy atom. The average molecular weight is 250 g/mol. The maximum atomic E-state index is 11.3. The lowest BCUT2D eigenvalue weighted by atomic mass is 10.2. The molecular formula is C14H22N2O2. The van der Waals surface area contributed by atoms with Gasteiger partial charge in [-0.1, -0.05) is 12.1 Å². The van der Waals surface area contributed by atoms with Gasteiger partial charge in [0, 0.05) is 27.1 Å². The van der Waals surface area contributed by atoms with Crippen molar-refractivity contribution in [3.8, 4) is 5.75 Å². The minimum absolute atomic E-state index is 0.182. The Labute approximate surface area is 109 Å². The lowest BCUT2D eigenvalue weighted by molar-refractivity contribution is -0.128. The van der Waals surface area contributed by atoms with Crippen LogP contribution in [0.2, 0.25) is 0 Å². The molecule has 1 N–H and O–H groups in total. The van der Waals surface area contributed by atoms with Crippen LogP contribution in [0.15, 0.2) is 24.3 Å². The van der Waals surface area contributed by atoms with E-state index in [9.17, 15) is 4.79 Å². The van der Waals surface area contributed by atoms with Gasteiger partial charge in [-0.3, -0.25) is 4.79 Å². The molecule has 100 valence electrons. The van der Waals surface area contributed by atoms with E-state index < -0.39 is 0 Å². The van der Waals surface area contributed by atoms with Gasteiger partial charge in [-0.05, 0) is 30.7 Å². The number of methoxy groups -OCH3 is 1. The fraction of sp³-hybridized carbons (Fsp3) is 0.500. The van der Waals surface area contributed by atoms with E-state index in [1.165, 1.54) is 5.56 Å². The first-order valence-electron chi connectivity index (χ1n) is 6.17. The smallest absolute Gasteiger partial charge is 0.222 e. The van der Waals surface area contributed by atoms with Crippen molar-refractivity contribution in [2.45, 2.75) is 19.4 Å². The lowest BCUT2D eigenvalue weighted by Gasteiger charge is -2.10. The molecule has 0 atom stereocenters. The first-order valence-corrected chi connectivity index (χ1v) is 6.17. The van der Waals surface area contributed by atoms with E-state index >= 15 is 0 Å². The number of benzene rings is 1. The zero-order valence-electron chi connectivity index (χ0n) is 11.4. The molecule has 0 radical (unpaired) electrons. The quantitative estimate of drug-likeness (QED) is 0.748. The maximum absolute atomic E-state index is 11.3. The number of rotatable bonds is 7. The molecule has 4 nitrogen and oxygen atoms in total. The summed E-state index contributed by atoms with van der Waals surface area (Å²) in [5.41, 5.74) is 1.22. The van der Waals surface area contributed by atoms with Gasteiger partial charge in [-0.2, -0.15) is 0 Å². The normalized spacial score (nSPS) is 10.2. The zero-order valence-corrected chi connectivity index (χ0v) is 11.4. The van der Waals surface area contributed by atoms with Crippen molar-refractivity contribution in [2.75, 3.05) is 27.7 Å². The summed E-state index contributed by atoms with van der Waals surface area (Å²) in [7, 11) is 5.23. The Hall–Kier alpha value is -1.55. The van der Waals surface area contributed by atoms with E-state index in [1.54, 1.807) is 26.1 Å². The van der Waals surface area contributed by atoms with E-state index in [-0.39, 0.29) is 5.91 Å². The summed E-state index contributed by atoms with van der Waals surface area (Å²) in [6.07, 6.45) is 1.47. The van der Waals surface area contributed by atoms with E-state index in [4.69, 9.17) is 4.74 Å². The van der Waals surface area contributed by atoms with Crippen LogP contribution in [0.3, 0.4) is 0 Å². The number of amides is 1. The van der Waals surface area contributed by atoms with Gasteiger partial charge in [-0.15, -0.1) is 0 Å². The van der Waals surface area contributed by atoms with Crippen LogP contribution in [-0.4, -0.2) is 38.6 Å². The molecule has 0 saturated carbocycles. The molecule has 4 heteroatoms. The van der Waals surface area contributed by atoms with Crippen molar-refractivity contribution in [1.29, 1.82) is 0 Å². The van der Waals surface area contributed by atoms with Gasteiger partial charge in [-0.25, -0.2) is 0 Å². The molecule has 0 bridgehead atoms. The van der Waals surface area contributed by atoms with Crippen LogP contribution in [0.5, 0.6) is 5.75 Å². The summed E-state index contributed by atoms with van der Waals surface area (Å²) in [5.74, 6) is 1.05. The van der Waals surface area contributed by atoms with Crippen LogP contribution in [-0.2, 0) is 11.3 Å². The molecule has 18 heavy (non-hydrogen) atoms. The molecule has 0 aliphatic rings. The van der Waals surface area contributed by atoms with Gasteiger partial charge >= 0.3 is 0 Å². The molecule has 0 aliphatic heterocycles. The number of hydrogen-bond donors (Lipinski definition) is 1. The summed E-state index contributed by atoms with van der Waals surface area (Å²) in [6, 6.07) is 7.98. The number of ether oxygens (including phenoxy) is 1. The summed E-state index contributed by atoms with van der Waals surface area (Å²) < 4.78 is 5.10. The SMILES string of the molecule is COc1ccc(CNCCCC(=O)N(C)C)cc1. The third-order valence-electron chi connectivity index (χ3n) is 2.73. The second-order valence-corrected chi connectivity index (χ2v) is 4.42. The predicted molar refractivity (Wildman–Crippen MR) is 72.6 cm³/mol. The van der Waals surface area contributed by atoms with Crippen molar-refractivity contribution in [3.05, 3.63) is 29.8 Å². The van der Waals surface area contributed by atoms with Crippen LogP contribution in [0.4, 0.5) is 0 Å². The number of carbonyl (C=O) groups excluding carboxylic acids is 1. The number of nitrogens with zero attached hydrogens (tertiary/aromatic N) is 1. The van der Waals surface area contributed by atoms with E-state index in [1.807, 2.05) is 24.3 Å². The van der Waals surface area contributed by atoms with E-state index in [0.29, 0.717) is 6.42 Å². The first kappa shape index (κ1) is 14.5. The molecule has 1 amide bonds. The third kappa shape index (κ3) is 5.19. The highest BCUT2D eigenvalue weighted by Crippen LogP contribution is 2.10. The number of nitrogens with one attached hydrogen (secondary N) is 1. The molecule has 1 aromatic carbocycles. The summed E-state index contributed by atoms with van der Waals surface area (Å²) in [5, 5.41) is 3.32. The highest BCUT2D eigenvalue weighted by Gasteiger charge is 2.02. The standard InChI is InChI=1S/C14H22N2O2/c1-16(2)14(17)5-4-10-15-11-12-6-8-13(18-3)9-7-12/h6-9,15H,4-5,10-11H2,1-3H3. The van der Waals surface area contributed by atoms with Crippen LogP contribution in [0.1, 0.15) is 18.4 Å². The zero-order chi connectivity index (χ0) is 13.4. The molecule has 1 rings (SSSR count). The lowest BCUT2D eigenvalue weighted by Crippen LogP contribution is -2.23. The van der Waals surface area contributed by atoms with Gasteiger partial charge in [0.15, 0.2) is 0 Å². The molecule has 0 heterocycles. The highest BCUT2D eigenvalue weighted by molar-refractivity contribution is 5.75. The van der Waals surface area contributed by atoms with Crippen LogP contribution in [0.25, 0.3) is 0 Å². The molecule has 0 aromatic heterocycles. The van der Waals surface area contributed by atoms with Gasteiger partial charge in [0.2, 0.25) is 5.91 Å². The Bertz CT molecular complexity index is 361. The summed E-state index contributed by atoms with van der Waals surface area (Å²) in [4.78, 5) is 13.0. The van der Waals surface area contributed by atoms with Gasteiger partial charge in [0.05, 0.1) is 7.11 Å². The topological polar surface area (TPSA) is 41.6 Å². The minimum atomic E-state index is 0.182. The van der Waals surface area contributed by atoms with Crippen LogP contribution in [0, 0.1) is 0 Å². The van der Waals surface area contributed by atoms with Crippen LogP contribution >= 0.6 is 0 Å². The predicted octanol–water partition coefficient (Wildman–Crippen LogP) is 1.65. The largest absolute Gasteiger partial charge is 0.497 e. The highest BCUT2D eigenvalue weighted by atomic mass is 16.5. The van der Waals surface area contributed by atoms with E-state index in [2.05, 4.69) is 5.32 Å². The number of hydrogen-bond acceptors (Lipinski definition) is 3.